The molecule has 1 aliphatic rings. The summed E-state index contributed by atoms with van der Waals surface area (Å²) >= 11 is 5.05. The van der Waals surface area contributed by atoms with Crippen molar-refractivity contribution in [2.45, 2.75) is 13.8 Å². The molecule has 1 saturated heterocycles. The number of nitrogens with one attached hydrogen (secondary N) is 1. The molecular weight excluding hydrogens is 365 g/mol. The molecule has 0 unspecified atom stereocenters. The Morgan fingerprint density at radius 3 is 2.63 bits per heavy atom. The molecule has 1 aromatic heterocycles. The van der Waals surface area contributed by atoms with Gasteiger partial charge in [0.25, 0.3) is 11.8 Å². The number of amides is 2. The van der Waals surface area contributed by atoms with Gasteiger partial charge in [-0.05, 0) is 55.9 Å². The molecule has 5 nitrogen and oxygen atoms in total. The van der Waals surface area contributed by atoms with E-state index in [9.17, 15) is 14.0 Å². The first-order chi connectivity index (χ1) is 12.8. The van der Waals surface area contributed by atoms with Crippen molar-refractivity contribution in [2.75, 3.05) is 6.54 Å². The lowest BCUT2D eigenvalue weighted by Crippen LogP contribution is -2.53. The molecule has 0 spiro atoms. The molecule has 1 N–H and O–H groups in total. The van der Waals surface area contributed by atoms with Gasteiger partial charge in [0.2, 0.25) is 0 Å². The minimum Gasteiger partial charge on any atom is -0.315 e. The third kappa shape index (κ3) is 3.33. The number of thiocarbonyl (C=S) groups is 1. The summed E-state index contributed by atoms with van der Waals surface area (Å²) in [4.78, 5) is 26.2. The smallest absolute Gasteiger partial charge is 0.265 e. The van der Waals surface area contributed by atoms with E-state index in [1.807, 2.05) is 13.8 Å². The maximum absolute atomic E-state index is 14.2. The second-order valence-corrected chi connectivity index (χ2v) is 6.52. The second kappa shape index (κ2) is 7.28. The maximum atomic E-state index is 14.2. The Balaban J connectivity index is 2.07. The molecule has 27 heavy (non-hydrogen) atoms. The highest BCUT2D eigenvalue weighted by molar-refractivity contribution is 7.80. The van der Waals surface area contributed by atoms with Crippen molar-refractivity contribution in [1.29, 1.82) is 0 Å². The van der Waals surface area contributed by atoms with Crippen molar-refractivity contribution in [3.63, 3.8) is 0 Å². The molecule has 0 radical (unpaired) electrons. The monoisotopic (exact) mass is 383 g/mol. The van der Waals surface area contributed by atoms with Gasteiger partial charge in [-0.25, -0.2) is 4.39 Å². The SMILES string of the molecule is C=CCN1C(=O)/C(=C/c2cc(C)n(-c3ccccc3F)c2C)C(=O)NC1=S. The second-order valence-electron chi connectivity index (χ2n) is 6.14. The van der Waals surface area contributed by atoms with Gasteiger partial charge < -0.3 is 4.57 Å². The Hall–Kier alpha value is -3.06. The van der Waals surface area contributed by atoms with Gasteiger partial charge >= 0.3 is 0 Å². The van der Waals surface area contributed by atoms with E-state index in [0.29, 0.717) is 16.9 Å². The third-order valence-corrected chi connectivity index (χ3v) is 4.68. The highest BCUT2D eigenvalue weighted by Crippen LogP contribution is 2.25. The lowest BCUT2D eigenvalue weighted by atomic mass is 10.1. The quantitative estimate of drug-likeness (QED) is 0.382. The van der Waals surface area contributed by atoms with Gasteiger partial charge in [0, 0.05) is 17.9 Å². The molecule has 1 fully saturated rings. The number of halogens is 1. The van der Waals surface area contributed by atoms with E-state index >= 15 is 0 Å². The molecule has 1 aliphatic heterocycles. The number of aromatic nitrogens is 1. The number of nitrogens with zero attached hydrogens (tertiary/aromatic N) is 2. The zero-order chi connectivity index (χ0) is 19.7. The first kappa shape index (κ1) is 18.7. The summed E-state index contributed by atoms with van der Waals surface area (Å²) in [7, 11) is 0. The number of aryl methyl sites for hydroxylation is 1. The van der Waals surface area contributed by atoms with Crippen LogP contribution in [0.5, 0.6) is 0 Å². The zero-order valence-electron chi connectivity index (χ0n) is 15.0. The first-order valence-corrected chi connectivity index (χ1v) is 8.69. The molecule has 0 aliphatic carbocycles. The summed E-state index contributed by atoms with van der Waals surface area (Å²) in [5.74, 6) is -1.40. The van der Waals surface area contributed by atoms with Crippen molar-refractivity contribution in [2.24, 2.45) is 0 Å². The van der Waals surface area contributed by atoms with Crippen LogP contribution in [0.4, 0.5) is 4.39 Å². The van der Waals surface area contributed by atoms with Crippen molar-refractivity contribution in [3.8, 4) is 5.69 Å². The minimum atomic E-state index is -0.555. The van der Waals surface area contributed by atoms with Crippen LogP contribution < -0.4 is 5.32 Å². The summed E-state index contributed by atoms with van der Waals surface area (Å²) < 4.78 is 16.0. The van der Waals surface area contributed by atoms with Crippen LogP contribution in [0.15, 0.2) is 48.6 Å². The molecule has 7 heteroatoms. The molecule has 0 saturated carbocycles. The Morgan fingerprint density at radius 1 is 1.26 bits per heavy atom. The third-order valence-electron chi connectivity index (χ3n) is 4.36. The van der Waals surface area contributed by atoms with E-state index in [1.54, 1.807) is 28.8 Å². The average molecular weight is 383 g/mol. The largest absolute Gasteiger partial charge is 0.315 e. The number of carbonyl (C=O) groups is 2. The number of rotatable bonds is 4. The highest BCUT2D eigenvalue weighted by atomic mass is 32.1. The van der Waals surface area contributed by atoms with Crippen molar-refractivity contribution < 1.29 is 14.0 Å². The Labute approximate surface area is 161 Å². The Kier molecular flexibility index (Phi) is 5.05. The van der Waals surface area contributed by atoms with Gasteiger partial charge in [-0.15, -0.1) is 6.58 Å². The first-order valence-electron chi connectivity index (χ1n) is 8.28. The van der Waals surface area contributed by atoms with Crippen LogP contribution in [-0.4, -0.2) is 32.9 Å². The fraction of sp³-hybridized carbons (Fsp3) is 0.150. The molecule has 3 rings (SSSR count). The standard InChI is InChI=1S/C20H18FN3O2S/c1-4-9-23-19(26)15(18(25)22-20(23)27)11-14-10-12(2)24(13(14)3)17-8-6-5-7-16(17)21/h4-8,10-11H,1,9H2,2-3H3,(H,22,25,27)/b15-11+. The topological polar surface area (TPSA) is 54.3 Å². The van der Waals surface area contributed by atoms with Crippen LogP contribution in [0.1, 0.15) is 17.0 Å². The van der Waals surface area contributed by atoms with Gasteiger partial charge in [-0.3, -0.25) is 19.8 Å². The number of para-hydroxylation sites is 1. The molecule has 0 atom stereocenters. The van der Waals surface area contributed by atoms with Crippen LogP contribution in [0.3, 0.4) is 0 Å². The number of hydrogen-bond acceptors (Lipinski definition) is 3. The maximum Gasteiger partial charge on any atom is 0.265 e. The lowest BCUT2D eigenvalue weighted by molar-refractivity contribution is -0.128. The zero-order valence-corrected chi connectivity index (χ0v) is 15.8. The fourth-order valence-electron chi connectivity index (χ4n) is 3.08. The van der Waals surface area contributed by atoms with Gasteiger partial charge in [-0.1, -0.05) is 18.2 Å². The number of hydrogen-bond donors (Lipinski definition) is 1. The van der Waals surface area contributed by atoms with Crippen molar-refractivity contribution in [3.05, 3.63) is 71.3 Å². The highest BCUT2D eigenvalue weighted by Gasteiger charge is 2.32. The Bertz CT molecular complexity index is 1010. The normalized spacial score (nSPS) is 16.0. The molecule has 0 bridgehead atoms. The minimum absolute atomic E-state index is 0.0285. The summed E-state index contributed by atoms with van der Waals surface area (Å²) in [6, 6.07) is 8.24. The van der Waals surface area contributed by atoms with Crippen LogP contribution in [0.25, 0.3) is 11.8 Å². The van der Waals surface area contributed by atoms with Crippen molar-refractivity contribution >= 4 is 35.2 Å². The summed E-state index contributed by atoms with van der Waals surface area (Å²) in [6.07, 6.45) is 3.04. The Morgan fingerprint density at radius 2 is 1.96 bits per heavy atom. The molecule has 2 heterocycles. The summed E-state index contributed by atoms with van der Waals surface area (Å²) in [6.45, 7) is 7.44. The van der Waals surface area contributed by atoms with Gasteiger partial charge in [-0.2, -0.15) is 0 Å². The average Bonchev–Trinajstić information content (AvgIpc) is 2.89. The van der Waals surface area contributed by atoms with Crippen LogP contribution in [0, 0.1) is 19.7 Å². The van der Waals surface area contributed by atoms with E-state index in [0.717, 1.165) is 5.69 Å². The number of carbonyl (C=O) groups excluding carboxylic acids is 2. The molecular formula is C20H18FN3O2S. The van der Waals surface area contributed by atoms with Gasteiger partial charge in [0.05, 0.1) is 5.69 Å². The summed E-state index contributed by atoms with van der Waals surface area (Å²) in [5.41, 5.74) is 2.53. The van der Waals surface area contributed by atoms with Crippen LogP contribution in [-0.2, 0) is 9.59 Å². The predicted octanol–water partition coefficient (Wildman–Crippen LogP) is 3.05. The molecule has 1 aromatic carbocycles. The summed E-state index contributed by atoms with van der Waals surface area (Å²) in [5, 5.41) is 2.57. The van der Waals surface area contributed by atoms with E-state index < -0.39 is 11.8 Å². The van der Waals surface area contributed by atoms with Crippen molar-refractivity contribution in [1.82, 2.24) is 14.8 Å². The van der Waals surface area contributed by atoms with E-state index in [2.05, 4.69) is 11.9 Å². The van der Waals surface area contributed by atoms with Gasteiger partial charge in [0.1, 0.15) is 11.4 Å². The van der Waals surface area contributed by atoms with Crippen LogP contribution in [0.2, 0.25) is 0 Å². The number of benzene rings is 1. The fourth-order valence-corrected chi connectivity index (χ4v) is 3.33. The van der Waals surface area contributed by atoms with Gasteiger partial charge in [0.15, 0.2) is 5.11 Å². The lowest BCUT2D eigenvalue weighted by Gasteiger charge is -2.27. The van der Waals surface area contributed by atoms with E-state index in [1.165, 1.54) is 23.1 Å². The van der Waals surface area contributed by atoms with Crippen LogP contribution >= 0.6 is 12.2 Å². The van der Waals surface area contributed by atoms with E-state index in [4.69, 9.17) is 12.2 Å². The molecule has 2 amide bonds. The predicted molar refractivity (Wildman–Crippen MR) is 106 cm³/mol. The van der Waals surface area contributed by atoms with E-state index in [-0.39, 0.29) is 23.0 Å². The molecule has 2 aromatic rings. The molecule has 138 valence electrons.